The SMILES string of the molecule is C=C(C)C.[Ba]. The molecule has 1 heteroatoms. The predicted molar refractivity (Wildman–Crippen MR) is 26.2 cm³/mol. The van der Waals surface area contributed by atoms with Crippen LogP contribution in [0, 0.1) is 0 Å². The van der Waals surface area contributed by atoms with Crippen molar-refractivity contribution in [2.75, 3.05) is 0 Å². The van der Waals surface area contributed by atoms with Gasteiger partial charge in [-0.1, -0.05) is 5.57 Å². The minimum atomic E-state index is 0. The van der Waals surface area contributed by atoms with Crippen molar-refractivity contribution in [1.29, 1.82) is 0 Å². The van der Waals surface area contributed by atoms with E-state index in [0.717, 1.165) is 0 Å². The summed E-state index contributed by atoms with van der Waals surface area (Å²) in [5.41, 5.74) is 1.17. The molecule has 0 amide bonds. The third-order valence-corrected chi connectivity index (χ3v) is 0. The van der Waals surface area contributed by atoms with Crippen LogP contribution in [0.15, 0.2) is 12.2 Å². The summed E-state index contributed by atoms with van der Waals surface area (Å²) in [4.78, 5) is 0. The molecule has 0 aromatic carbocycles. The Morgan fingerprint density at radius 3 is 1.40 bits per heavy atom. The first kappa shape index (κ1) is 9.58. The van der Waals surface area contributed by atoms with Gasteiger partial charge in [-0.15, -0.1) is 6.58 Å². The largest absolute Gasteiger partial charge is 0.100 e. The first-order chi connectivity index (χ1) is 1.73. The second-order valence-electron chi connectivity index (χ2n) is 1.21. The molecule has 0 fully saturated rings. The van der Waals surface area contributed by atoms with E-state index in [9.17, 15) is 0 Å². The molecule has 0 nitrogen and oxygen atoms in total. The summed E-state index contributed by atoms with van der Waals surface area (Å²) < 4.78 is 0. The maximum Gasteiger partial charge on any atom is 0 e. The fraction of sp³-hybridized carbons (Fsp3) is 0.500. The Morgan fingerprint density at radius 1 is 1.40 bits per heavy atom. The fourth-order valence-corrected chi connectivity index (χ4v) is 0. The Balaban J connectivity index is 0. The van der Waals surface area contributed by atoms with Gasteiger partial charge >= 0.3 is 0 Å². The third-order valence-electron chi connectivity index (χ3n) is 0. The van der Waals surface area contributed by atoms with Gasteiger partial charge in [0.05, 0.1) is 0 Å². The molecule has 0 saturated heterocycles. The second-order valence-corrected chi connectivity index (χ2v) is 1.21. The number of hydrogen-bond donors (Lipinski definition) is 0. The van der Waals surface area contributed by atoms with E-state index < -0.39 is 0 Å². The van der Waals surface area contributed by atoms with Gasteiger partial charge in [0.2, 0.25) is 0 Å². The average molecular weight is 193 g/mol. The molecule has 0 bridgehead atoms. The number of hydrogen-bond acceptors (Lipinski definition) is 0. The van der Waals surface area contributed by atoms with Gasteiger partial charge in [0.25, 0.3) is 0 Å². The van der Waals surface area contributed by atoms with Crippen LogP contribution in [0.1, 0.15) is 13.8 Å². The van der Waals surface area contributed by atoms with E-state index in [-0.39, 0.29) is 48.9 Å². The Morgan fingerprint density at radius 2 is 1.40 bits per heavy atom. The van der Waals surface area contributed by atoms with Crippen LogP contribution < -0.4 is 0 Å². The van der Waals surface area contributed by atoms with Crippen molar-refractivity contribution in [3.63, 3.8) is 0 Å². The Labute approximate surface area is 73.7 Å². The maximum atomic E-state index is 3.56. The second kappa shape index (κ2) is 5.31. The van der Waals surface area contributed by atoms with Gasteiger partial charge in [-0.25, -0.2) is 0 Å². The summed E-state index contributed by atoms with van der Waals surface area (Å²) in [6.07, 6.45) is 0. The molecule has 0 atom stereocenters. The third kappa shape index (κ3) is 33.9. The van der Waals surface area contributed by atoms with Crippen LogP contribution in [0.4, 0.5) is 0 Å². The molecule has 0 N–H and O–H groups in total. The first-order valence-electron chi connectivity index (χ1n) is 1.35. The maximum absolute atomic E-state index is 3.56. The van der Waals surface area contributed by atoms with Crippen molar-refractivity contribution in [3.05, 3.63) is 12.2 Å². The van der Waals surface area contributed by atoms with Crippen molar-refractivity contribution < 1.29 is 0 Å². The first-order valence-corrected chi connectivity index (χ1v) is 1.35. The summed E-state index contributed by atoms with van der Waals surface area (Å²) in [5, 5.41) is 0. The quantitative estimate of drug-likeness (QED) is 0.401. The molecule has 0 aromatic rings. The molecule has 0 aliphatic heterocycles. The van der Waals surface area contributed by atoms with Gasteiger partial charge in [-0.3, -0.25) is 0 Å². The molecule has 0 aliphatic rings. The Bertz CT molecular complexity index is 26.6. The minimum Gasteiger partial charge on any atom is -0.100 e. The Kier molecular flexibility index (Phi) is 10.2. The molecule has 26 valence electrons. The molecular formula is C4H8Ba. The van der Waals surface area contributed by atoms with E-state index in [1.165, 1.54) is 5.57 Å². The number of allylic oxidation sites excluding steroid dienone is 1. The summed E-state index contributed by atoms with van der Waals surface area (Å²) in [7, 11) is 0. The van der Waals surface area contributed by atoms with Gasteiger partial charge in [-0.05, 0) is 13.8 Å². The minimum absolute atomic E-state index is 0. The zero-order valence-corrected chi connectivity index (χ0v) is 8.35. The van der Waals surface area contributed by atoms with E-state index in [1.54, 1.807) is 0 Å². The van der Waals surface area contributed by atoms with Gasteiger partial charge < -0.3 is 0 Å². The molecule has 2 radical (unpaired) electrons. The normalized spacial score (nSPS) is 5.20. The van der Waals surface area contributed by atoms with Crippen LogP contribution in [0.5, 0.6) is 0 Å². The molecule has 0 rings (SSSR count). The van der Waals surface area contributed by atoms with E-state index in [2.05, 4.69) is 6.58 Å². The van der Waals surface area contributed by atoms with Crippen LogP contribution in [-0.4, -0.2) is 48.9 Å². The molecule has 0 unspecified atom stereocenters. The summed E-state index contributed by atoms with van der Waals surface area (Å²) in [6, 6.07) is 0. The van der Waals surface area contributed by atoms with Crippen LogP contribution in [-0.2, 0) is 0 Å². The van der Waals surface area contributed by atoms with Crippen molar-refractivity contribution in [3.8, 4) is 0 Å². The summed E-state index contributed by atoms with van der Waals surface area (Å²) in [6.45, 7) is 7.50. The van der Waals surface area contributed by atoms with E-state index in [0.29, 0.717) is 0 Å². The van der Waals surface area contributed by atoms with Gasteiger partial charge in [-0.2, -0.15) is 0 Å². The molecule has 0 aromatic heterocycles. The zero-order valence-electron chi connectivity index (χ0n) is 3.91. The molecule has 0 saturated carbocycles. The van der Waals surface area contributed by atoms with Crippen molar-refractivity contribution in [1.82, 2.24) is 0 Å². The molecule has 0 heterocycles. The van der Waals surface area contributed by atoms with Crippen LogP contribution in [0.3, 0.4) is 0 Å². The van der Waals surface area contributed by atoms with Crippen molar-refractivity contribution in [2.24, 2.45) is 0 Å². The van der Waals surface area contributed by atoms with Crippen molar-refractivity contribution >= 4 is 48.9 Å². The van der Waals surface area contributed by atoms with Crippen LogP contribution >= 0.6 is 0 Å². The smallest absolute Gasteiger partial charge is 0 e. The zero-order chi connectivity index (χ0) is 3.58. The van der Waals surface area contributed by atoms with E-state index in [4.69, 9.17) is 0 Å². The molecular weight excluding hydrogens is 185 g/mol. The van der Waals surface area contributed by atoms with E-state index >= 15 is 0 Å². The summed E-state index contributed by atoms with van der Waals surface area (Å²) in [5.74, 6) is 0. The van der Waals surface area contributed by atoms with Gasteiger partial charge in [0.1, 0.15) is 0 Å². The fourth-order valence-electron chi connectivity index (χ4n) is 0. The number of rotatable bonds is 0. The topological polar surface area (TPSA) is 0 Å². The van der Waals surface area contributed by atoms with Gasteiger partial charge in [0.15, 0.2) is 0 Å². The van der Waals surface area contributed by atoms with Gasteiger partial charge in [0, 0.05) is 48.9 Å². The average Bonchev–Trinajstić information content (AvgIpc) is 0.811. The van der Waals surface area contributed by atoms with Crippen LogP contribution in [0.25, 0.3) is 0 Å². The molecule has 5 heavy (non-hydrogen) atoms. The van der Waals surface area contributed by atoms with Crippen molar-refractivity contribution in [2.45, 2.75) is 13.8 Å². The predicted octanol–water partition coefficient (Wildman–Crippen LogP) is 1.20. The van der Waals surface area contributed by atoms with Crippen LogP contribution in [0.2, 0.25) is 0 Å². The van der Waals surface area contributed by atoms with E-state index in [1.807, 2.05) is 13.8 Å². The monoisotopic (exact) mass is 194 g/mol. The molecule has 0 aliphatic carbocycles. The molecule has 0 spiro atoms. The standard InChI is InChI=1S/C4H8.Ba/c1-4(2)3;/h1H2,2-3H3;. The Hall–Kier alpha value is 1.31. The summed E-state index contributed by atoms with van der Waals surface area (Å²) >= 11 is 0.